The normalized spacial score (nSPS) is 16.5. The number of guanidine groups is 1. The van der Waals surface area contributed by atoms with Gasteiger partial charge in [0.1, 0.15) is 0 Å². The first kappa shape index (κ1) is 24.1. The zero-order valence-electron chi connectivity index (χ0n) is 16.8. The molecule has 1 aliphatic rings. The molecule has 2 rings (SSSR count). The van der Waals surface area contributed by atoms with Gasteiger partial charge in [-0.1, -0.05) is 13.8 Å². The molecule has 1 aromatic heterocycles. The Morgan fingerprint density at radius 1 is 1.26 bits per heavy atom. The molecule has 0 unspecified atom stereocenters. The summed E-state index contributed by atoms with van der Waals surface area (Å²) in [6.45, 7) is 6.21. The quantitative estimate of drug-likeness (QED) is 0.345. The van der Waals surface area contributed by atoms with Gasteiger partial charge in [0.2, 0.25) is 0 Å². The minimum atomic E-state index is -2.26. The molecule has 27 heavy (non-hydrogen) atoms. The fraction of sp³-hybridized carbons (Fsp3) is 0.778. The van der Waals surface area contributed by atoms with Crippen LogP contribution in [0.15, 0.2) is 4.99 Å². The highest BCUT2D eigenvalue weighted by Crippen LogP contribution is 2.15. The van der Waals surface area contributed by atoms with E-state index in [2.05, 4.69) is 34.6 Å². The summed E-state index contributed by atoms with van der Waals surface area (Å²) in [7, 11) is 3.74. The van der Waals surface area contributed by atoms with Gasteiger partial charge in [-0.2, -0.15) is 5.10 Å². The Balaban J connectivity index is 0.00000364. The van der Waals surface area contributed by atoms with Crippen LogP contribution in [-0.4, -0.2) is 59.8 Å². The fourth-order valence-electron chi connectivity index (χ4n) is 3.61. The molecular weight excluding hydrogens is 465 g/mol. The summed E-state index contributed by atoms with van der Waals surface area (Å²) in [6, 6.07) is 0.264. The third kappa shape index (κ3) is 6.85. The molecule has 0 radical (unpaired) electrons. The summed E-state index contributed by atoms with van der Waals surface area (Å²) in [4.78, 5) is 6.15. The van der Waals surface area contributed by atoms with Crippen LogP contribution >= 0.6 is 24.0 Å². The predicted octanol–water partition coefficient (Wildman–Crippen LogP) is 2.56. The molecule has 9 heteroatoms. The van der Waals surface area contributed by atoms with E-state index in [4.69, 9.17) is 0 Å². The fourth-order valence-corrected chi connectivity index (χ4v) is 3.61. The van der Waals surface area contributed by atoms with Gasteiger partial charge in [0, 0.05) is 51.0 Å². The van der Waals surface area contributed by atoms with Crippen LogP contribution < -0.4 is 10.6 Å². The minimum absolute atomic E-state index is 0. The Morgan fingerprint density at radius 3 is 2.44 bits per heavy atom. The molecule has 1 aromatic rings. The maximum absolute atomic E-state index is 12.5. The van der Waals surface area contributed by atoms with Crippen molar-refractivity contribution >= 4 is 29.9 Å². The van der Waals surface area contributed by atoms with Crippen molar-refractivity contribution in [2.24, 2.45) is 12.0 Å². The van der Waals surface area contributed by atoms with Gasteiger partial charge < -0.3 is 10.6 Å². The molecule has 0 saturated carbocycles. The minimum Gasteiger partial charge on any atom is -0.354 e. The lowest BCUT2D eigenvalue weighted by molar-refractivity contribution is 0.0744. The average Bonchev–Trinajstić information content (AvgIpc) is 2.94. The van der Waals surface area contributed by atoms with Gasteiger partial charge in [-0.05, 0) is 25.7 Å². The molecule has 1 aliphatic heterocycles. The number of hydrogen-bond acceptors (Lipinski definition) is 3. The topological polar surface area (TPSA) is 57.5 Å². The van der Waals surface area contributed by atoms with Crippen LogP contribution in [0.3, 0.4) is 0 Å². The van der Waals surface area contributed by atoms with Crippen molar-refractivity contribution in [3.63, 3.8) is 0 Å². The number of likely N-dealkylation sites (tertiary alicyclic amines) is 1. The maximum Gasteiger partial charge on any atom is 0.251 e. The Bertz CT molecular complexity index is 597. The smallest absolute Gasteiger partial charge is 0.251 e. The lowest BCUT2D eigenvalue weighted by Gasteiger charge is -2.32. The van der Waals surface area contributed by atoms with E-state index in [1.165, 1.54) is 11.3 Å². The molecule has 0 amide bonds. The molecule has 0 spiro atoms. The van der Waals surface area contributed by atoms with Crippen molar-refractivity contribution < 1.29 is 8.78 Å². The van der Waals surface area contributed by atoms with E-state index in [1.54, 1.807) is 7.05 Å². The summed E-state index contributed by atoms with van der Waals surface area (Å²) >= 11 is 0. The van der Waals surface area contributed by atoms with Crippen LogP contribution in [0.1, 0.15) is 43.6 Å². The van der Waals surface area contributed by atoms with Crippen LogP contribution in [0, 0.1) is 0 Å². The Hall–Kier alpha value is -0.970. The lowest BCUT2D eigenvalue weighted by Crippen LogP contribution is -2.49. The predicted molar refractivity (Wildman–Crippen MR) is 116 cm³/mol. The van der Waals surface area contributed by atoms with E-state index < -0.39 is 6.43 Å². The third-order valence-electron chi connectivity index (χ3n) is 5.01. The summed E-state index contributed by atoms with van der Waals surface area (Å²) in [5.41, 5.74) is 3.60. The first-order chi connectivity index (χ1) is 12.5. The Kier molecular flexibility index (Phi) is 10.5. The number of aromatic nitrogens is 2. The molecule has 156 valence electrons. The monoisotopic (exact) mass is 498 g/mol. The Labute approximate surface area is 178 Å². The number of piperidine rings is 1. The first-order valence-corrected chi connectivity index (χ1v) is 9.49. The van der Waals surface area contributed by atoms with Crippen LogP contribution in [0.4, 0.5) is 8.78 Å². The molecule has 0 atom stereocenters. The average molecular weight is 498 g/mol. The standard InChI is InChI=1S/C18H32F2N6.HI/c1-5-15-14(16(6-2)25(4)24-15)11-22-18(21-3)23-13-7-9-26(10-8-13)12-17(19)20;/h13,17H,5-12H2,1-4H3,(H2,21,22,23);1H. The second kappa shape index (κ2) is 11.8. The molecule has 0 aromatic carbocycles. The van der Waals surface area contributed by atoms with Gasteiger partial charge in [-0.3, -0.25) is 14.6 Å². The van der Waals surface area contributed by atoms with E-state index in [9.17, 15) is 8.78 Å². The van der Waals surface area contributed by atoms with Crippen LogP contribution in [0.25, 0.3) is 0 Å². The van der Waals surface area contributed by atoms with E-state index >= 15 is 0 Å². The van der Waals surface area contributed by atoms with Gasteiger partial charge in [0.05, 0.1) is 12.2 Å². The number of aryl methyl sites for hydroxylation is 2. The number of halogens is 3. The van der Waals surface area contributed by atoms with Gasteiger partial charge >= 0.3 is 0 Å². The number of alkyl halides is 2. The van der Waals surface area contributed by atoms with Gasteiger partial charge in [0.25, 0.3) is 6.43 Å². The number of rotatable bonds is 7. The number of hydrogen-bond donors (Lipinski definition) is 2. The highest BCUT2D eigenvalue weighted by atomic mass is 127. The van der Waals surface area contributed by atoms with Gasteiger partial charge in [-0.25, -0.2) is 8.78 Å². The molecule has 1 fully saturated rings. The summed E-state index contributed by atoms with van der Waals surface area (Å²) in [6.07, 6.45) is 1.28. The van der Waals surface area contributed by atoms with Crippen LogP contribution in [-0.2, 0) is 26.4 Å². The largest absolute Gasteiger partial charge is 0.354 e. The van der Waals surface area contributed by atoms with Crippen molar-refractivity contribution in [2.45, 2.75) is 58.5 Å². The molecule has 6 nitrogen and oxygen atoms in total. The van der Waals surface area contributed by atoms with E-state index in [-0.39, 0.29) is 36.6 Å². The Morgan fingerprint density at radius 2 is 1.93 bits per heavy atom. The van der Waals surface area contributed by atoms with Crippen molar-refractivity contribution in [2.75, 3.05) is 26.7 Å². The van der Waals surface area contributed by atoms with E-state index in [0.29, 0.717) is 19.6 Å². The zero-order chi connectivity index (χ0) is 19.1. The highest BCUT2D eigenvalue weighted by molar-refractivity contribution is 14.0. The molecule has 1 saturated heterocycles. The molecule has 2 N–H and O–H groups in total. The summed E-state index contributed by atoms with van der Waals surface area (Å²) < 4.78 is 26.9. The van der Waals surface area contributed by atoms with Crippen molar-refractivity contribution in [3.05, 3.63) is 17.0 Å². The van der Waals surface area contributed by atoms with Gasteiger partial charge in [0.15, 0.2) is 5.96 Å². The first-order valence-electron chi connectivity index (χ1n) is 9.49. The SMILES string of the molecule is CCc1nn(C)c(CC)c1CNC(=NC)NC1CCN(CC(F)F)CC1.I. The third-order valence-corrected chi connectivity index (χ3v) is 5.01. The highest BCUT2D eigenvalue weighted by Gasteiger charge is 2.22. The van der Waals surface area contributed by atoms with Crippen molar-refractivity contribution in [1.29, 1.82) is 0 Å². The maximum atomic E-state index is 12.5. The van der Waals surface area contributed by atoms with Crippen molar-refractivity contribution in [3.8, 4) is 0 Å². The molecular formula is C18H33F2IN6. The van der Waals surface area contributed by atoms with Crippen LogP contribution in [0.2, 0.25) is 0 Å². The lowest BCUT2D eigenvalue weighted by atomic mass is 10.1. The second-order valence-electron chi connectivity index (χ2n) is 6.74. The number of nitrogens with one attached hydrogen (secondary N) is 2. The summed E-state index contributed by atoms with van der Waals surface area (Å²) in [5.74, 6) is 0.755. The summed E-state index contributed by atoms with van der Waals surface area (Å²) in [5, 5.41) is 11.4. The van der Waals surface area contributed by atoms with Gasteiger partial charge in [-0.15, -0.1) is 24.0 Å². The van der Waals surface area contributed by atoms with Crippen molar-refractivity contribution in [1.82, 2.24) is 25.3 Å². The number of nitrogens with zero attached hydrogens (tertiary/aromatic N) is 4. The second-order valence-corrected chi connectivity index (χ2v) is 6.74. The molecule has 0 aliphatic carbocycles. The molecule has 2 heterocycles. The van der Waals surface area contributed by atoms with Crippen LogP contribution in [0.5, 0.6) is 0 Å². The van der Waals surface area contributed by atoms with E-state index in [0.717, 1.165) is 37.3 Å². The van der Waals surface area contributed by atoms with E-state index in [1.807, 2.05) is 16.6 Å². The zero-order valence-corrected chi connectivity index (χ0v) is 19.1. The molecule has 0 bridgehead atoms. The number of aliphatic imine (C=N–C) groups is 1.